The van der Waals surface area contributed by atoms with Crippen LogP contribution in [0.4, 0.5) is 0 Å². The first-order chi connectivity index (χ1) is 5.93. The van der Waals surface area contributed by atoms with Gasteiger partial charge in [0.1, 0.15) is 0 Å². The molecule has 0 amide bonds. The Balaban J connectivity index is 1.89. The van der Waals surface area contributed by atoms with Crippen molar-refractivity contribution in [2.75, 3.05) is 4.43 Å². The number of allylic oxidation sites excluding steroid dienone is 4. The normalized spacial score (nSPS) is 16.1. The van der Waals surface area contributed by atoms with E-state index >= 15 is 0 Å². The summed E-state index contributed by atoms with van der Waals surface area (Å²) in [6.45, 7) is 0. The molecule has 0 saturated carbocycles. The summed E-state index contributed by atoms with van der Waals surface area (Å²) < 4.78 is 1.32. The van der Waals surface area contributed by atoms with E-state index in [1.807, 2.05) is 0 Å². The molecule has 1 rings (SSSR count). The van der Waals surface area contributed by atoms with Crippen molar-refractivity contribution in [1.82, 2.24) is 0 Å². The fraction of sp³-hybridized carbons (Fsp3) is 0.636. The third-order valence-electron chi connectivity index (χ3n) is 2.25. The number of alkyl halides is 1. The van der Waals surface area contributed by atoms with Crippen molar-refractivity contribution >= 4 is 22.6 Å². The van der Waals surface area contributed by atoms with E-state index < -0.39 is 0 Å². The molecule has 0 saturated heterocycles. The van der Waals surface area contributed by atoms with Gasteiger partial charge in [0.05, 0.1) is 0 Å². The molecule has 0 heterocycles. The van der Waals surface area contributed by atoms with E-state index in [4.69, 9.17) is 0 Å². The summed E-state index contributed by atoms with van der Waals surface area (Å²) in [7, 11) is 0. The van der Waals surface area contributed by atoms with Gasteiger partial charge >= 0.3 is 0 Å². The Kier molecular flexibility index (Phi) is 5.74. The third-order valence-corrected chi connectivity index (χ3v) is 3.01. The van der Waals surface area contributed by atoms with Crippen molar-refractivity contribution < 1.29 is 0 Å². The number of halogens is 1. The van der Waals surface area contributed by atoms with E-state index in [2.05, 4.69) is 46.9 Å². The zero-order valence-corrected chi connectivity index (χ0v) is 9.66. The standard InChI is InChI=1S/C11H17I/c12-10-6-2-1-3-7-11-8-4-5-9-11/h4-5,8-9,11H,1-3,6-7,10H2. The van der Waals surface area contributed by atoms with Gasteiger partial charge in [0.2, 0.25) is 0 Å². The largest absolute Gasteiger partial charge is 0.0864 e. The van der Waals surface area contributed by atoms with Crippen LogP contribution in [-0.4, -0.2) is 4.43 Å². The Morgan fingerprint density at radius 2 is 1.58 bits per heavy atom. The van der Waals surface area contributed by atoms with E-state index in [1.165, 1.54) is 36.5 Å². The van der Waals surface area contributed by atoms with Gasteiger partial charge in [-0.3, -0.25) is 0 Å². The topological polar surface area (TPSA) is 0 Å². The molecular weight excluding hydrogens is 259 g/mol. The molecule has 0 radical (unpaired) electrons. The van der Waals surface area contributed by atoms with Gasteiger partial charge in [-0.05, 0) is 23.2 Å². The first kappa shape index (κ1) is 10.3. The van der Waals surface area contributed by atoms with Crippen LogP contribution in [0.25, 0.3) is 0 Å². The smallest absolute Gasteiger partial charge is 0.000473 e. The molecule has 12 heavy (non-hydrogen) atoms. The fourth-order valence-corrected chi connectivity index (χ4v) is 2.04. The average Bonchev–Trinajstić information content (AvgIpc) is 2.57. The van der Waals surface area contributed by atoms with Crippen LogP contribution in [0.1, 0.15) is 32.1 Å². The molecule has 0 unspecified atom stereocenters. The number of rotatable bonds is 6. The van der Waals surface area contributed by atoms with E-state index in [9.17, 15) is 0 Å². The molecule has 0 nitrogen and oxygen atoms in total. The SMILES string of the molecule is ICCCCCCC1C=CC=C1. The summed E-state index contributed by atoms with van der Waals surface area (Å²) in [6, 6.07) is 0. The summed E-state index contributed by atoms with van der Waals surface area (Å²) in [5.74, 6) is 0.754. The van der Waals surface area contributed by atoms with Crippen molar-refractivity contribution in [3.63, 3.8) is 0 Å². The second-order valence-electron chi connectivity index (χ2n) is 3.33. The van der Waals surface area contributed by atoms with E-state index in [1.54, 1.807) is 0 Å². The number of hydrogen-bond donors (Lipinski definition) is 0. The monoisotopic (exact) mass is 276 g/mol. The first-order valence-corrected chi connectivity index (χ1v) is 6.37. The van der Waals surface area contributed by atoms with Gasteiger partial charge in [-0.15, -0.1) is 0 Å². The van der Waals surface area contributed by atoms with Crippen LogP contribution >= 0.6 is 22.6 Å². The minimum absolute atomic E-state index is 0.754. The predicted octanol–water partition coefficient (Wildman–Crippen LogP) is 4.11. The molecule has 0 aromatic heterocycles. The average molecular weight is 276 g/mol. The van der Waals surface area contributed by atoms with E-state index in [-0.39, 0.29) is 0 Å². The van der Waals surface area contributed by atoms with Gasteiger partial charge in [-0.1, -0.05) is 66.2 Å². The lowest BCUT2D eigenvalue weighted by Crippen LogP contribution is -1.89. The van der Waals surface area contributed by atoms with Gasteiger partial charge in [0.25, 0.3) is 0 Å². The highest BCUT2D eigenvalue weighted by molar-refractivity contribution is 14.1. The van der Waals surface area contributed by atoms with Crippen molar-refractivity contribution in [2.45, 2.75) is 32.1 Å². The lowest BCUT2D eigenvalue weighted by molar-refractivity contribution is 0.596. The van der Waals surface area contributed by atoms with Crippen LogP contribution in [0.15, 0.2) is 24.3 Å². The highest BCUT2D eigenvalue weighted by atomic mass is 127. The second-order valence-corrected chi connectivity index (χ2v) is 4.40. The van der Waals surface area contributed by atoms with Crippen LogP contribution in [0.2, 0.25) is 0 Å². The van der Waals surface area contributed by atoms with Gasteiger partial charge in [-0.2, -0.15) is 0 Å². The molecule has 0 atom stereocenters. The Hall–Kier alpha value is 0.210. The molecule has 0 N–H and O–H groups in total. The molecule has 1 heteroatoms. The molecule has 0 aromatic carbocycles. The summed E-state index contributed by atoms with van der Waals surface area (Å²) in [5, 5.41) is 0. The maximum atomic E-state index is 2.45. The van der Waals surface area contributed by atoms with E-state index in [0.29, 0.717) is 0 Å². The van der Waals surface area contributed by atoms with Crippen LogP contribution in [0, 0.1) is 5.92 Å². The summed E-state index contributed by atoms with van der Waals surface area (Å²) in [5.41, 5.74) is 0. The summed E-state index contributed by atoms with van der Waals surface area (Å²) in [4.78, 5) is 0. The lowest BCUT2D eigenvalue weighted by atomic mass is 10.0. The van der Waals surface area contributed by atoms with Crippen molar-refractivity contribution in [1.29, 1.82) is 0 Å². The zero-order valence-electron chi connectivity index (χ0n) is 7.51. The molecule has 1 aliphatic carbocycles. The fourth-order valence-electron chi connectivity index (χ4n) is 1.50. The quantitative estimate of drug-likeness (QED) is 0.389. The highest BCUT2D eigenvalue weighted by Crippen LogP contribution is 2.17. The van der Waals surface area contributed by atoms with Crippen LogP contribution < -0.4 is 0 Å². The van der Waals surface area contributed by atoms with Crippen LogP contribution in [0.3, 0.4) is 0 Å². The Bertz CT molecular complexity index is 146. The highest BCUT2D eigenvalue weighted by Gasteiger charge is 2.01. The minimum Gasteiger partial charge on any atom is -0.0864 e. The Morgan fingerprint density at radius 3 is 2.25 bits per heavy atom. The maximum absolute atomic E-state index is 2.45. The lowest BCUT2D eigenvalue weighted by Gasteiger charge is -2.03. The van der Waals surface area contributed by atoms with Gasteiger partial charge in [0.15, 0.2) is 0 Å². The molecule has 0 bridgehead atoms. The van der Waals surface area contributed by atoms with E-state index in [0.717, 1.165) is 5.92 Å². The third kappa shape index (κ3) is 4.29. The summed E-state index contributed by atoms with van der Waals surface area (Å²) in [6.07, 6.45) is 15.9. The van der Waals surface area contributed by atoms with Crippen molar-refractivity contribution in [2.24, 2.45) is 5.92 Å². The number of unbranched alkanes of at least 4 members (excludes halogenated alkanes) is 3. The molecule has 68 valence electrons. The Labute approximate surface area is 89.3 Å². The van der Waals surface area contributed by atoms with Crippen molar-refractivity contribution in [3.05, 3.63) is 24.3 Å². The zero-order chi connectivity index (χ0) is 8.65. The van der Waals surface area contributed by atoms with Crippen LogP contribution in [0.5, 0.6) is 0 Å². The molecular formula is C11H17I. The van der Waals surface area contributed by atoms with Gasteiger partial charge in [0, 0.05) is 0 Å². The van der Waals surface area contributed by atoms with Gasteiger partial charge in [-0.25, -0.2) is 0 Å². The minimum atomic E-state index is 0.754. The van der Waals surface area contributed by atoms with Crippen molar-refractivity contribution in [3.8, 4) is 0 Å². The molecule has 1 aliphatic rings. The molecule has 0 spiro atoms. The van der Waals surface area contributed by atoms with Crippen LogP contribution in [-0.2, 0) is 0 Å². The molecule has 0 aliphatic heterocycles. The molecule has 0 fully saturated rings. The first-order valence-electron chi connectivity index (χ1n) is 4.84. The summed E-state index contributed by atoms with van der Waals surface area (Å²) >= 11 is 2.45. The second kappa shape index (κ2) is 6.70. The number of hydrogen-bond acceptors (Lipinski definition) is 0. The van der Waals surface area contributed by atoms with Gasteiger partial charge < -0.3 is 0 Å². The Morgan fingerprint density at radius 1 is 0.917 bits per heavy atom. The predicted molar refractivity (Wildman–Crippen MR) is 63.7 cm³/mol. The maximum Gasteiger partial charge on any atom is -0.000473 e. The molecule has 0 aromatic rings.